The van der Waals surface area contributed by atoms with Crippen LogP contribution in [0.3, 0.4) is 0 Å². The van der Waals surface area contributed by atoms with Gasteiger partial charge in [-0.2, -0.15) is 0 Å². The first-order chi connectivity index (χ1) is 17.8. The molecule has 0 spiro atoms. The van der Waals surface area contributed by atoms with Gasteiger partial charge in [-0.05, 0) is 52.9 Å². The van der Waals surface area contributed by atoms with Crippen LogP contribution in [-0.2, 0) is 27.4 Å². The summed E-state index contributed by atoms with van der Waals surface area (Å²) in [6, 6.07) is 15.3. The van der Waals surface area contributed by atoms with E-state index in [2.05, 4.69) is 15.6 Å². The molecule has 2 N–H and O–H groups in total. The smallest absolute Gasteiger partial charge is 0.411 e. The number of carbonyl (C=O) groups is 3. The first kappa shape index (κ1) is 25.8. The third-order valence-corrected chi connectivity index (χ3v) is 5.90. The molecular formula is C28H29FN4O4. The van der Waals surface area contributed by atoms with Crippen molar-refractivity contribution in [1.29, 1.82) is 0 Å². The zero-order chi connectivity index (χ0) is 26.4. The van der Waals surface area contributed by atoms with Crippen molar-refractivity contribution in [2.24, 2.45) is 5.92 Å². The number of aromatic nitrogens is 1. The Morgan fingerprint density at radius 1 is 1.08 bits per heavy atom. The summed E-state index contributed by atoms with van der Waals surface area (Å²) in [5.41, 5.74) is 2.57. The predicted octanol–water partition coefficient (Wildman–Crippen LogP) is 4.58. The number of nitrogens with zero attached hydrogens (tertiary/aromatic N) is 2. The highest BCUT2D eigenvalue weighted by Gasteiger charge is 2.47. The van der Waals surface area contributed by atoms with E-state index in [1.54, 1.807) is 54.9 Å². The first-order valence-corrected chi connectivity index (χ1v) is 12.1. The topological polar surface area (TPSA) is 101 Å². The largest absolute Gasteiger partial charge is 0.438 e. The van der Waals surface area contributed by atoms with Gasteiger partial charge in [0.25, 0.3) is 0 Å². The molecule has 2 unspecified atom stereocenters. The van der Waals surface area contributed by atoms with Crippen LogP contribution in [0.5, 0.6) is 0 Å². The van der Waals surface area contributed by atoms with Crippen LogP contribution in [0.25, 0.3) is 0 Å². The Labute approximate surface area is 214 Å². The number of nitrogens with one attached hydrogen (secondary N) is 2. The van der Waals surface area contributed by atoms with E-state index in [9.17, 15) is 18.8 Å². The molecular weight excluding hydrogens is 475 g/mol. The number of amides is 3. The van der Waals surface area contributed by atoms with E-state index in [4.69, 9.17) is 4.74 Å². The molecule has 4 rings (SSSR count). The second-order valence-corrected chi connectivity index (χ2v) is 9.35. The molecule has 1 aliphatic heterocycles. The first-order valence-electron chi connectivity index (χ1n) is 12.1. The molecule has 2 heterocycles. The lowest BCUT2D eigenvalue weighted by Gasteiger charge is -2.24. The lowest BCUT2D eigenvalue weighted by atomic mass is 10.00. The Morgan fingerprint density at radius 3 is 2.57 bits per heavy atom. The summed E-state index contributed by atoms with van der Waals surface area (Å²) in [5.74, 6) is -0.727. The number of anilines is 1. The summed E-state index contributed by atoms with van der Waals surface area (Å²) in [6.45, 7) is 4.20. The Kier molecular flexibility index (Phi) is 8.12. The molecule has 1 saturated heterocycles. The minimum atomic E-state index is -0.990. The van der Waals surface area contributed by atoms with Gasteiger partial charge in [0.2, 0.25) is 11.8 Å². The summed E-state index contributed by atoms with van der Waals surface area (Å²) in [7, 11) is 0. The molecule has 1 aliphatic rings. The molecule has 0 bridgehead atoms. The van der Waals surface area contributed by atoms with E-state index in [1.807, 2.05) is 19.9 Å². The van der Waals surface area contributed by atoms with Crippen molar-refractivity contribution in [3.63, 3.8) is 0 Å². The molecule has 3 amide bonds. The zero-order valence-electron chi connectivity index (χ0n) is 20.7. The molecule has 192 valence electrons. The molecule has 0 radical (unpaired) electrons. The quantitative estimate of drug-likeness (QED) is 0.444. The second-order valence-electron chi connectivity index (χ2n) is 9.35. The van der Waals surface area contributed by atoms with Crippen LogP contribution in [0.1, 0.15) is 43.1 Å². The molecule has 2 aromatic carbocycles. The van der Waals surface area contributed by atoms with E-state index in [0.29, 0.717) is 23.2 Å². The van der Waals surface area contributed by atoms with Gasteiger partial charge in [-0.1, -0.05) is 44.2 Å². The molecule has 2 atom stereocenters. The standard InChI is InChI=1S/C28H29FN4O4/c1-18(2)13-24(34)32-23-7-3-6-21(14-23)26-25(27(35)31-16-20-5-4-12-30-15-20)33(28(36)37-26)17-19-8-10-22(29)11-9-19/h3-12,14-15,18,25-26H,13,16-17H2,1-2H3,(H,31,35)(H,32,34). The van der Waals surface area contributed by atoms with Crippen LogP contribution >= 0.6 is 0 Å². The highest BCUT2D eigenvalue weighted by atomic mass is 19.1. The number of hydrogen-bond acceptors (Lipinski definition) is 5. The van der Waals surface area contributed by atoms with Crippen molar-refractivity contribution in [2.75, 3.05) is 5.32 Å². The second kappa shape index (κ2) is 11.6. The molecule has 3 aromatic rings. The summed E-state index contributed by atoms with van der Waals surface area (Å²) in [5, 5.41) is 5.73. The maximum Gasteiger partial charge on any atom is 0.411 e. The van der Waals surface area contributed by atoms with Crippen LogP contribution in [0.2, 0.25) is 0 Å². The van der Waals surface area contributed by atoms with E-state index in [-0.39, 0.29) is 24.9 Å². The SMILES string of the molecule is CC(C)CC(=O)Nc1cccc(C2OC(=O)N(Cc3ccc(F)cc3)C2C(=O)NCc2cccnc2)c1. The normalized spacial score (nSPS) is 17.0. The monoisotopic (exact) mass is 504 g/mol. The lowest BCUT2D eigenvalue weighted by molar-refractivity contribution is -0.126. The highest BCUT2D eigenvalue weighted by molar-refractivity contribution is 5.91. The fraction of sp³-hybridized carbons (Fsp3) is 0.286. The van der Waals surface area contributed by atoms with E-state index >= 15 is 0 Å². The summed E-state index contributed by atoms with van der Waals surface area (Å²) >= 11 is 0. The Hall–Kier alpha value is -4.27. The van der Waals surface area contributed by atoms with Gasteiger partial charge < -0.3 is 15.4 Å². The van der Waals surface area contributed by atoms with Crippen LogP contribution in [0.4, 0.5) is 14.9 Å². The van der Waals surface area contributed by atoms with E-state index in [1.165, 1.54) is 17.0 Å². The van der Waals surface area contributed by atoms with Crippen molar-refractivity contribution < 1.29 is 23.5 Å². The minimum absolute atomic E-state index is 0.0609. The average molecular weight is 505 g/mol. The van der Waals surface area contributed by atoms with Gasteiger partial charge in [0.05, 0.1) is 6.54 Å². The van der Waals surface area contributed by atoms with Gasteiger partial charge >= 0.3 is 6.09 Å². The number of pyridine rings is 1. The van der Waals surface area contributed by atoms with Gasteiger partial charge in [-0.3, -0.25) is 19.5 Å². The Bertz CT molecular complexity index is 1250. The summed E-state index contributed by atoms with van der Waals surface area (Å²) < 4.78 is 19.1. The fourth-order valence-corrected chi connectivity index (χ4v) is 4.17. The zero-order valence-corrected chi connectivity index (χ0v) is 20.7. The Balaban J connectivity index is 1.59. The van der Waals surface area contributed by atoms with Gasteiger partial charge in [-0.25, -0.2) is 9.18 Å². The van der Waals surface area contributed by atoms with Crippen LogP contribution in [0.15, 0.2) is 73.1 Å². The number of ether oxygens (including phenoxy) is 1. The van der Waals surface area contributed by atoms with E-state index in [0.717, 1.165) is 5.56 Å². The number of carbonyl (C=O) groups excluding carboxylic acids is 3. The number of halogens is 1. The van der Waals surface area contributed by atoms with Crippen molar-refractivity contribution in [1.82, 2.24) is 15.2 Å². The number of rotatable bonds is 9. The lowest BCUT2D eigenvalue weighted by Crippen LogP contribution is -2.46. The van der Waals surface area contributed by atoms with Crippen LogP contribution in [0, 0.1) is 11.7 Å². The molecule has 1 aromatic heterocycles. The minimum Gasteiger partial charge on any atom is -0.438 e. The van der Waals surface area contributed by atoms with Crippen LogP contribution in [-0.4, -0.2) is 33.8 Å². The predicted molar refractivity (Wildman–Crippen MR) is 136 cm³/mol. The number of cyclic esters (lactones) is 1. The van der Waals surface area contributed by atoms with Gasteiger partial charge in [0.15, 0.2) is 12.1 Å². The molecule has 8 nitrogen and oxygen atoms in total. The number of hydrogen-bond donors (Lipinski definition) is 2. The van der Waals surface area contributed by atoms with Crippen molar-refractivity contribution >= 4 is 23.6 Å². The molecule has 37 heavy (non-hydrogen) atoms. The summed E-state index contributed by atoms with van der Waals surface area (Å²) in [4.78, 5) is 44.1. The van der Waals surface area contributed by atoms with E-state index < -0.39 is 30.0 Å². The average Bonchev–Trinajstić information content (AvgIpc) is 3.20. The molecule has 0 aliphatic carbocycles. The van der Waals surface area contributed by atoms with Gasteiger partial charge in [0.1, 0.15) is 5.82 Å². The van der Waals surface area contributed by atoms with Crippen molar-refractivity contribution in [3.05, 3.63) is 95.6 Å². The van der Waals surface area contributed by atoms with Crippen molar-refractivity contribution in [3.8, 4) is 0 Å². The van der Waals surface area contributed by atoms with Crippen molar-refractivity contribution in [2.45, 2.75) is 45.5 Å². The maximum absolute atomic E-state index is 13.5. The molecule has 9 heteroatoms. The number of benzene rings is 2. The third kappa shape index (κ3) is 6.69. The van der Waals surface area contributed by atoms with Gasteiger partial charge in [-0.15, -0.1) is 0 Å². The maximum atomic E-state index is 13.5. The third-order valence-electron chi connectivity index (χ3n) is 5.90. The highest BCUT2D eigenvalue weighted by Crippen LogP contribution is 2.35. The molecule has 1 fully saturated rings. The van der Waals surface area contributed by atoms with Crippen LogP contribution < -0.4 is 10.6 Å². The molecule has 0 saturated carbocycles. The summed E-state index contributed by atoms with van der Waals surface area (Å²) in [6.07, 6.45) is 2.08. The fourth-order valence-electron chi connectivity index (χ4n) is 4.17. The Morgan fingerprint density at radius 2 is 1.86 bits per heavy atom. The van der Waals surface area contributed by atoms with Gasteiger partial charge in [0, 0.05) is 31.0 Å².